The lowest BCUT2D eigenvalue weighted by Crippen LogP contribution is -2.45. The molecular formula is C24H24N4. The maximum Gasteiger partial charge on any atom is 0.130 e. The molecule has 0 spiro atoms. The first-order valence-corrected chi connectivity index (χ1v) is 9.88. The molecule has 1 atom stereocenters. The Balaban J connectivity index is 1.39. The molecule has 2 heterocycles. The Morgan fingerprint density at radius 1 is 0.964 bits per heavy atom. The van der Waals surface area contributed by atoms with Gasteiger partial charge in [0.2, 0.25) is 0 Å². The quantitative estimate of drug-likeness (QED) is 0.750. The molecule has 1 unspecified atom stereocenters. The summed E-state index contributed by atoms with van der Waals surface area (Å²) in [6.45, 7) is 2.29. The molecule has 4 heteroatoms. The van der Waals surface area contributed by atoms with Crippen molar-refractivity contribution in [3.05, 3.63) is 90.1 Å². The van der Waals surface area contributed by atoms with Gasteiger partial charge in [0.05, 0.1) is 11.4 Å². The molecule has 0 saturated carbocycles. The van der Waals surface area contributed by atoms with Gasteiger partial charge in [0.25, 0.3) is 0 Å². The number of para-hydroxylation sites is 1. The SMILES string of the molecule is NCC1CCN(N2C=CC(c3ccc4ccccc4c3)=NC2)c2ccccc21. The molecule has 0 radical (unpaired) electrons. The number of benzene rings is 3. The minimum atomic E-state index is 0.442. The molecule has 0 saturated heterocycles. The summed E-state index contributed by atoms with van der Waals surface area (Å²) in [4.78, 5) is 4.86. The number of aliphatic imine (C=N–C) groups is 1. The molecule has 0 fully saturated rings. The molecule has 0 aliphatic carbocycles. The molecule has 2 aliphatic heterocycles. The van der Waals surface area contributed by atoms with Gasteiger partial charge in [-0.2, -0.15) is 0 Å². The first-order chi connectivity index (χ1) is 13.8. The van der Waals surface area contributed by atoms with Gasteiger partial charge in [0.1, 0.15) is 6.67 Å². The first kappa shape index (κ1) is 17.0. The van der Waals surface area contributed by atoms with Gasteiger partial charge in [-0.3, -0.25) is 15.0 Å². The molecule has 0 aromatic heterocycles. The summed E-state index contributed by atoms with van der Waals surface area (Å²) in [7, 11) is 0. The summed E-state index contributed by atoms with van der Waals surface area (Å²) in [5.74, 6) is 0.442. The van der Waals surface area contributed by atoms with Gasteiger partial charge in [-0.1, -0.05) is 54.6 Å². The maximum absolute atomic E-state index is 6.00. The third-order valence-corrected chi connectivity index (χ3v) is 5.77. The highest BCUT2D eigenvalue weighted by molar-refractivity contribution is 6.10. The predicted molar refractivity (Wildman–Crippen MR) is 117 cm³/mol. The third-order valence-electron chi connectivity index (χ3n) is 5.77. The van der Waals surface area contributed by atoms with Crippen LogP contribution in [-0.2, 0) is 0 Å². The molecule has 3 aromatic rings. The van der Waals surface area contributed by atoms with E-state index >= 15 is 0 Å². The maximum atomic E-state index is 6.00. The number of allylic oxidation sites excluding steroid dienone is 1. The predicted octanol–water partition coefficient (Wildman–Crippen LogP) is 4.28. The van der Waals surface area contributed by atoms with Gasteiger partial charge < -0.3 is 5.73 Å². The van der Waals surface area contributed by atoms with Crippen LogP contribution in [-0.4, -0.2) is 30.5 Å². The number of hydrogen-bond acceptors (Lipinski definition) is 4. The summed E-state index contributed by atoms with van der Waals surface area (Å²) < 4.78 is 0. The van der Waals surface area contributed by atoms with Crippen LogP contribution in [0.25, 0.3) is 10.8 Å². The lowest BCUT2D eigenvalue weighted by molar-refractivity contribution is 0.331. The molecule has 28 heavy (non-hydrogen) atoms. The van der Waals surface area contributed by atoms with Crippen molar-refractivity contribution in [2.45, 2.75) is 12.3 Å². The molecule has 2 N–H and O–H groups in total. The standard InChI is InChI=1S/C24H24N4/c25-16-21-11-14-28(24-8-4-3-7-22(21)24)27-13-12-23(26-17-27)20-10-9-18-5-1-2-6-19(18)15-20/h1-10,12-13,15,21H,11,14,16-17,25H2. The molecule has 5 rings (SSSR count). The Bertz CT molecular complexity index is 1070. The van der Waals surface area contributed by atoms with Crippen molar-refractivity contribution in [2.24, 2.45) is 10.7 Å². The highest BCUT2D eigenvalue weighted by Gasteiger charge is 2.27. The van der Waals surface area contributed by atoms with Gasteiger partial charge in [0.15, 0.2) is 0 Å². The zero-order chi connectivity index (χ0) is 18.9. The number of nitrogens with zero attached hydrogens (tertiary/aromatic N) is 3. The second kappa shape index (κ2) is 7.13. The van der Waals surface area contributed by atoms with Crippen molar-refractivity contribution >= 4 is 22.2 Å². The highest BCUT2D eigenvalue weighted by Crippen LogP contribution is 2.35. The van der Waals surface area contributed by atoms with Crippen LogP contribution in [0, 0.1) is 0 Å². The summed E-state index contributed by atoms with van der Waals surface area (Å²) in [5.41, 5.74) is 10.8. The van der Waals surface area contributed by atoms with Crippen LogP contribution in [0.5, 0.6) is 0 Å². The summed E-state index contributed by atoms with van der Waals surface area (Å²) in [5, 5.41) is 7.04. The zero-order valence-electron chi connectivity index (χ0n) is 15.8. The topological polar surface area (TPSA) is 44.9 Å². The highest BCUT2D eigenvalue weighted by atomic mass is 15.6. The van der Waals surface area contributed by atoms with E-state index in [1.807, 2.05) is 0 Å². The van der Waals surface area contributed by atoms with E-state index in [2.05, 4.69) is 89.0 Å². The van der Waals surface area contributed by atoms with Crippen molar-refractivity contribution in [2.75, 3.05) is 24.8 Å². The third kappa shape index (κ3) is 2.96. The summed E-state index contributed by atoms with van der Waals surface area (Å²) >= 11 is 0. The average Bonchev–Trinajstić information content (AvgIpc) is 2.78. The van der Waals surface area contributed by atoms with Crippen LogP contribution in [0.4, 0.5) is 5.69 Å². The van der Waals surface area contributed by atoms with Crippen molar-refractivity contribution in [3.63, 3.8) is 0 Å². The van der Waals surface area contributed by atoms with Gasteiger partial charge in [-0.05, 0) is 53.4 Å². The second-order valence-electron chi connectivity index (χ2n) is 7.41. The minimum absolute atomic E-state index is 0.442. The molecule has 4 nitrogen and oxygen atoms in total. The number of hydrazine groups is 1. The van der Waals surface area contributed by atoms with Crippen molar-refractivity contribution < 1.29 is 0 Å². The number of anilines is 1. The Morgan fingerprint density at radius 3 is 2.61 bits per heavy atom. The van der Waals surface area contributed by atoms with Crippen molar-refractivity contribution in [1.82, 2.24) is 5.01 Å². The first-order valence-electron chi connectivity index (χ1n) is 9.88. The fraction of sp³-hybridized carbons (Fsp3) is 0.208. The summed E-state index contributed by atoms with van der Waals surface area (Å²) in [6.07, 6.45) is 5.33. The van der Waals surface area contributed by atoms with Crippen LogP contribution in [0.15, 0.2) is 84.0 Å². The average molecular weight is 368 g/mol. The van der Waals surface area contributed by atoms with E-state index in [-0.39, 0.29) is 0 Å². The Morgan fingerprint density at radius 2 is 1.79 bits per heavy atom. The van der Waals surface area contributed by atoms with E-state index in [4.69, 9.17) is 10.7 Å². The number of rotatable bonds is 3. The lowest BCUT2D eigenvalue weighted by Gasteiger charge is -2.42. The number of fused-ring (bicyclic) bond motifs is 2. The number of nitrogens with two attached hydrogens (primary N) is 1. The Kier molecular flexibility index (Phi) is 4.34. The van der Waals surface area contributed by atoms with Crippen molar-refractivity contribution in [3.8, 4) is 0 Å². The fourth-order valence-electron chi connectivity index (χ4n) is 4.23. The molecule has 140 valence electrons. The van der Waals surface area contributed by atoms with E-state index < -0.39 is 0 Å². The van der Waals surface area contributed by atoms with E-state index in [1.54, 1.807) is 0 Å². The molecule has 0 bridgehead atoms. The van der Waals surface area contributed by atoms with Crippen LogP contribution >= 0.6 is 0 Å². The fourth-order valence-corrected chi connectivity index (χ4v) is 4.23. The van der Waals surface area contributed by atoms with Gasteiger partial charge in [-0.25, -0.2) is 0 Å². The van der Waals surface area contributed by atoms with E-state index in [9.17, 15) is 0 Å². The summed E-state index contributed by atoms with van der Waals surface area (Å²) in [6, 6.07) is 23.6. The van der Waals surface area contributed by atoms with E-state index in [0.717, 1.165) is 24.2 Å². The van der Waals surface area contributed by atoms with Crippen LogP contribution < -0.4 is 10.7 Å². The normalized spacial score (nSPS) is 18.9. The molecule has 3 aromatic carbocycles. The van der Waals surface area contributed by atoms with Gasteiger partial charge >= 0.3 is 0 Å². The van der Waals surface area contributed by atoms with Crippen molar-refractivity contribution in [1.29, 1.82) is 0 Å². The van der Waals surface area contributed by atoms with E-state index in [0.29, 0.717) is 19.1 Å². The van der Waals surface area contributed by atoms with Crippen LogP contribution in [0.1, 0.15) is 23.5 Å². The molecule has 2 aliphatic rings. The van der Waals surface area contributed by atoms with Gasteiger partial charge in [0, 0.05) is 18.3 Å². The second-order valence-corrected chi connectivity index (χ2v) is 7.41. The smallest absolute Gasteiger partial charge is 0.130 e. The van der Waals surface area contributed by atoms with E-state index in [1.165, 1.54) is 22.0 Å². The molecule has 0 amide bonds. The van der Waals surface area contributed by atoms with Crippen LogP contribution in [0.3, 0.4) is 0 Å². The minimum Gasteiger partial charge on any atom is -0.330 e. The zero-order valence-corrected chi connectivity index (χ0v) is 15.8. The molecular weight excluding hydrogens is 344 g/mol. The monoisotopic (exact) mass is 368 g/mol. The van der Waals surface area contributed by atoms with Gasteiger partial charge in [-0.15, -0.1) is 0 Å². The van der Waals surface area contributed by atoms with Crippen LogP contribution in [0.2, 0.25) is 0 Å². The largest absolute Gasteiger partial charge is 0.330 e. The number of hydrogen-bond donors (Lipinski definition) is 1. The lowest BCUT2D eigenvalue weighted by atomic mass is 9.91. The Labute approximate surface area is 165 Å². The Hall–Kier alpha value is -3.11.